The molecular formula is C52H80IN4+3. The zero-order chi connectivity index (χ0) is 39.7. The second kappa shape index (κ2) is 32.2. The molecule has 0 saturated heterocycles. The summed E-state index contributed by atoms with van der Waals surface area (Å²) in [6.07, 6.45) is 55.1. The van der Waals surface area contributed by atoms with Crippen LogP contribution in [0.5, 0.6) is 0 Å². The van der Waals surface area contributed by atoms with Gasteiger partial charge in [0.25, 0.3) is 0 Å². The maximum atomic E-state index is 4.23. The van der Waals surface area contributed by atoms with Crippen molar-refractivity contribution in [2.45, 2.75) is 199 Å². The van der Waals surface area contributed by atoms with Crippen molar-refractivity contribution < 1.29 is 13.7 Å². The van der Waals surface area contributed by atoms with Crippen LogP contribution in [0.4, 0.5) is 0 Å². The van der Waals surface area contributed by atoms with Crippen LogP contribution in [0.2, 0.25) is 0 Å². The smallest absolute Gasteiger partial charge is 0.171 e. The number of aryl methyl sites for hydroxylation is 7. The summed E-state index contributed by atoms with van der Waals surface area (Å²) in [6.45, 7) is 3.47. The van der Waals surface area contributed by atoms with Crippen molar-refractivity contribution in [3.63, 3.8) is 0 Å². The molecule has 0 aliphatic rings. The number of pyridine rings is 4. The molecule has 4 aromatic rings. The van der Waals surface area contributed by atoms with E-state index in [4.69, 9.17) is 0 Å². The van der Waals surface area contributed by atoms with E-state index in [1.54, 1.807) is 0 Å². The Morgan fingerprint density at radius 3 is 1.02 bits per heavy atom. The average Bonchev–Trinajstić information content (AvgIpc) is 3.24. The molecule has 0 unspecified atom stereocenters. The van der Waals surface area contributed by atoms with Gasteiger partial charge >= 0.3 is 0 Å². The molecule has 0 radical (unpaired) electrons. The first-order valence-corrected chi connectivity index (χ1v) is 25.2. The molecule has 57 heavy (non-hydrogen) atoms. The number of hydrogen-bond donors (Lipinski definition) is 0. The summed E-state index contributed by atoms with van der Waals surface area (Å²) in [6, 6.07) is 18.0. The van der Waals surface area contributed by atoms with Crippen molar-refractivity contribution >= 4 is 22.6 Å². The molecule has 0 saturated carbocycles. The van der Waals surface area contributed by atoms with Gasteiger partial charge in [0.2, 0.25) is 0 Å². The number of rotatable bonds is 35. The van der Waals surface area contributed by atoms with Crippen LogP contribution in [0.1, 0.15) is 176 Å². The molecule has 0 bridgehead atoms. The molecule has 0 fully saturated rings. The van der Waals surface area contributed by atoms with E-state index in [1.807, 2.05) is 18.5 Å². The van der Waals surface area contributed by atoms with E-state index >= 15 is 0 Å². The van der Waals surface area contributed by atoms with Crippen molar-refractivity contribution in [3.05, 3.63) is 120 Å². The van der Waals surface area contributed by atoms with Crippen LogP contribution in [0.15, 0.2) is 98.1 Å². The maximum absolute atomic E-state index is 4.23. The fourth-order valence-corrected chi connectivity index (χ4v) is 8.80. The van der Waals surface area contributed by atoms with Gasteiger partial charge in [0.15, 0.2) is 37.2 Å². The van der Waals surface area contributed by atoms with Crippen LogP contribution in [-0.4, -0.2) is 9.41 Å². The molecule has 4 heterocycles. The first-order chi connectivity index (χ1) is 28.3. The van der Waals surface area contributed by atoms with E-state index in [0.717, 1.165) is 13.1 Å². The Bertz CT molecular complexity index is 1540. The highest BCUT2D eigenvalue weighted by Crippen LogP contribution is 2.14. The Labute approximate surface area is 363 Å². The Hall–Kier alpha value is -2.67. The van der Waals surface area contributed by atoms with Gasteiger partial charge < -0.3 is 0 Å². The van der Waals surface area contributed by atoms with Crippen molar-refractivity contribution in [1.29, 1.82) is 0 Å². The summed E-state index contributed by atoms with van der Waals surface area (Å²) in [5, 5.41) is 0. The molecule has 0 aromatic carbocycles. The molecule has 4 rings (SSSR count). The molecule has 5 heteroatoms. The van der Waals surface area contributed by atoms with Crippen LogP contribution in [-0.2, 0) is 45.3 Å². The van der Waals surface area contributed by atoms with Gasteiger partial charge in [-0.3, -0.25) is 4.98 Å². The lowest BCUT2D eigenvalue weighted by Crippen LogP contribution is -2.33. The predicted octanol–water partition coefficient (Wildman–Crippen LogP) is 13.0. The van der Waals surface area contributed by atoms with E-state index in [-0.39, 0.29) is 0 Å². The maximum Gasteiger partial charge on any atom is 0.171 e. The molecule has 4 aromatic heterocycles. The molecule has 0 spiro atoms. The first kappa shape index (κ1) is 47.0. The number of alkyl halides is 1. The highest BCUT2D eigenvalue weighted by Gasteiger charge is 2.07. The minimum Gasteiger partial charge on any atom is -0.264 e. The minimum atomic E-state index is 1.15. The standard InChI is InChI=1S/C52H80IN4/c53-37-21-13-5-3-11-19-31-51-35-27-42-55(47-51)39-22-14-6-4-12-20-32-52-36-28-44-57(48-52)41-24-16-8-7-15-23-40-56-43-26-34-50(46-56)30-18-10-2-1-9-17-29-49-33-25-38-54-45-49/h25-28,33-36,38,42-48H,1-24,29-32,37,39-41H2/q+3. The van der Waals surface area contributed by atoms with Crippen molar-refractivity contribution in [2.75, 3.05) is 4.43 Å². The van der Waals surface area contributed by atoms with E-state index in [2.05, 4.69) is 121 Å². The second-order valence-electron chi connectivity index (χ2n) is 16.9. The second-order valence-corrected chi connectivity index (χ2v) is 18.0. The quantitative estimate of drug-likeness (QED) is 0.0195. The molecule has 0 aliphatic carbocycles. The van der Waals surface area contributed by atoms with E-state index in [1.165, 1.54) is 213 Å². The SMILES string of the molecule is ICCCCCCCCc1ccc[n+](CCCCCCCCc2ccc[n+](CCCCCCCC[n+]3cccc(CCCCCCCCc4cccnc4)c3)c2)c1. The van der Waals surface area contributed by atoms with Gasteiger partial charge in [-0.1, -0.05) is 112 Å². The fourth-order valence-electron chi connectivity index (χ4n) is 8.26. The molecule has 0 N–H and O–H groups in total. The van der Waals surface area contributed by atoms with Crippen LogP contribution < -0.4 is 13.7 Å². The molecular weight excluding hydrogens is 808 g/mol. The van der Waals surface area contributed by atoms with Crippen molar-refractivity contribution in [2.24, 2.45) is 0 Å². The van der Waals surface area contributed by atoms with Crippen LogP contribution in [0.3, 0.4) is 0 Å². The summed E-state index contributed by atoms with van der Waals surface area (Å²) in [7, 11) is 0. The lowest BCUT2D eigenvalue weighted by atomic mass is 10.0. The van der Waals surface area contributed by atoms with E-state index in [0.29, 0.717) is 0 Å². The fraction of sp³-hybridized carbons (Fsp3) is 0.615. The Morgan fingerprint density at radius 1 is 0.351 bits per heavy atom. The summed E-state index contributed by atoms with van der Waals surface area (Å²) >= 11 is 2.50. The third-order valence-corrected chi connectivity index (χ3v) is 12.5. The van der Waals surface area contributed by atoms with E-state index in [9.17, 15) is 0 Å². The number of halogens is 1. The van der Waals surface area contributed by atoms with Crippen molar-refractivity contribution in [1.82, 2.24) is 4.98 Å². The molecule has 4 nitrogen and oxygen atoms in total. The lowest BCUT2D eigenvalue weighted by molar-refractivity contribution is -0.698. The van der Waals surface area contributed by atoms with Gasteiger partial charge in [-0.25, -0.2) is 13.7 Å². The Balaban J connectivity index is 0.928. The van der Waals surface area contributed by atoms with Gasteiger partial charge in [0, 0.05) is 66.5 Å². The van der Waals surface area contributed by atoms with E-state index < -0.39 is 0 Å². The Morgan fingerprint density at radius 2 is 0.667 bits per heavy atom. The topological polar surface area (TPSA) is 24.5 Å². The molecule has 312 valence electrons. The average molecular weight is 888 g/mol. The molecule has 0 aliphatic heterocycles. The first-order valence-electron chi connectivity index (χ1n) is 23.7. The normalized spacial score (nSPS) is 11.4. The van der Waals surface area contributed by atoms with Gasteiger partial charge in [-0.15, -0.1) is 0 Å². The predicted molar refractivity (Wildman–Crippen MR) is 249 cm³/mol. The summed E-state index contributed by atoms with van der Waals surface area (Å²) in [5.41, 5.74) is 5.90. The highest BCUT2D eigenvalue weighted by molar-refractivity contribution is 14.1. The van der Waals surface area contributed by atoms with Crippen molar-refractivity contribution in [3.8, 4) is 0 Å². The number of aromatic nitrogens is 4. The van der Waals surface area contributed by atoms with Crippen LogP contribution in [0.25, 0.3) is 0 Å². The number of hydrogen-bond acceptors (Lipinski definition) is 1. The Kier molecular flexibility index (Phi) is 26.6. The molecule has 0 atom stereocenters. The third-order valence-electron chi connectivity index (χ3n) is 11.7. The van der Waals surface area contributed by atoms with Gasteiger partial charge in [-0.2, -0.15) is 0 Å². The molecule has 0 amide bonds. The third kappa shape index (κ3) is 23.5. The monoisotopic (exact) mass is 888 g/mol. The number of unbranched alkanes of at least 4 members (excludes halogenated alkanes) is 20. The van der Waals surface area contributed by atoms with Gasteiger partial charge in [-0.05, 0) is 111 Å². The number of nitrogens with zero attached hydrogens (tertiary/aromatic N) is 4. The highest BCUT2D eigenvalue weighted by atomic mass is 127. The van der Waals surface area contributed by atoms with Crippen LogP contribution in [0, 0.1) is 0 Å². The largest absolute Gasteiger partial charge is 0.264 e. The zero-order valence-corrected chi connectivity index (χ0v) is 38.2. The summed E-state index contributed by atoms with van der Waals surface area (Å²) < 4.78 is 8.60. The summed E-state index contributed by atoms with van der Waals surface area (Å²) in [4.78, 5) is 4.23. The lowest BCUT2D eigenvalue weighted by Gasteiger charge is -2.04. The summed E-state index contributed by atoms with van der Waals surface area (Å²) in [5.74, 6) is 0. The van der Waals surface area contributed by atoms with Gasteiger partial charge in [0.05, 0.1) is 0 Å². The van der Waals surface area contributed by atoms with Gasteiger partial charge in [0.1, 0.15) is 19.6 Å². The van der Waals surface area contributed by atoms with Crippen LogP contribution >= 0.6 is 22.6 Å². The minimum absolute atomic E-state index is 1.15. The zero-order valence-electron chi connectivity index (χ0n) is 36.0.